The minimum absolute atomic E-state index is 0.131. The molecule has 0 fully saturated rings. The molecule has 0 amide bonds. The second-order valence-electron chi connectivity index (χ2n) is 13.1. The van der Waals surface area contributed by atoms with Gasteiger partial charge in [0, 0.05) is 33.2 Å². The fraction of sp³-hybridized carbons (Fsp3) is 0.0667. The summed E-state index contributed by atoms with van der Waals surface area (Å²) in [6, 6.07) is 51.1. The summed E-state index contributed by atoms with van der Waals surface area (Å²) >= 11 is 0. The summed E-state index contributed by atoms with van der Waals surface area (Å²) in [6.07, 6.45) is 9.00. The monoisotopic (exact) mass is 626 g/mol. The number of anilines is 2. The zero-order chi connectivity index (χ0) is 33.1. The minimum Gasteiger partial charge on any atom is -0.333 e. The Bertz CT molecular complexity index is 2590. The number of allylic oxidation sites excluding steroid dienone is 2. The summed E-state index contributed by atoms with van der Waals surface area (Å²) in [6.45, 7) is 2.35. The van der Waals surface area contributed by atoms with E-state index in [0.29, 0.717) is 11.1 Å². The fourth-order valence-electron chi connectivity index (χ4n) is 7.82. The predicted molar refractivity (Wildman–Crippen MR) is 199 cm³/mol. The van der Waals surface area contributed by atoms with Crippen LogP contribution in [0.25, 0.3) is 49.7 Å². The first kappa shape index (κ1) is 28.6. The van der Waals surface area contributed by atoms with Crippen molar-refractivity contribution in [2.75, 3.05) is 4.90 Å². The zero-order valence-corrected chi connectivity index (χ0v) is 26.9. The van der Waals surface area contributed by atoms with Crippen LogP contribution in [0.1, 0.15) is 23.6 Å². The maximum absolute atomic E-state index is 9.35. The molecule has 49 heavy (non-hydrogen) atoms. The number of hydrogen-bond donors (Lipinski definition) is 0. The number of aromatic nitrogens is 1. The standard InChI is InChI=1S/C45H30N4/c1-45-24-5-4-11-44(45)49(37-8-6-7-33(25-37)32-16-12-30(28-46)13-17-32)43-23-19-35(27-40(43)45)34-18-22-42-39(26-34)38-9-2-3-10-41(38)48(42)36-20-14-31(29-47)15-21-36/h2-27,44H,1H3. The molecule has 1 aromatic heterocycles. The molecule has 2 atom stereocenters. The molecule has 0 bridgehead atoms. The summed E-state index contributed by atoms with van der Waals surface area (Å²) in [5.74, 6) is 0. The van der Waals surface area contributed by atoms with Crippen LogP contribution in [0, 0.1) is 22.7 Å². The molecule has 0 spiro atoms. The first-order valence-corrected chi connectivity index (χ1v) is 16.5. The molecule has 9 rings (SSSR count). The van der Waals surface area contributed by atoms with Gasteiger partial charge in [-0.3, -0.25) is 0 Å². The topological polar surface area (TPSA) is 55.8 Å². The van der Waals surface area contributed by atoms with Crippen molar-refractivity contribution in [2.24, 2.45) is 0 Å². The molecular weight excluding hydrogens is 597 g/mol. The van der Waals surface area contributed by atoms with Crippen LogP contribution in [0.2, 0.25) is 0 Å². The SMILES string of the molecule is CC12C=CC=CC1N(c1cccc(-c3ccc(C#N)cc3)c1)c1ccc(-c3ccc4c(c3)c3ccccc3n4-c3ccc(C#N)cc3)cc12. The molecule has 6 aromatic carbocycles. The number of nitrogens with zero attached hydrogens (tertiary/aromatic N) is 4. The average Bonchev–Trinajstić information content (AvgIpc) is 3.63. The third-order valence-corrected chi connectivity index (χ3v) is 10.3. The van der Waals surface area contributed by atoms with Gasteiger partial charge in [0.05, 0.1) is 40.3 Å². The van der Waals surface area contributed by atoms with Crippen LogP contribution in [0.15, 0.2) is 158 Å². The number of benzene rings is 6. The number of nitriles is 2. The third-order valence-electron chi connectivity index (χ3n) is 10.3. The van der Waals surface area contributed by atoms with Crippen molar-refractivity contribution >= 4 is 33.2 Å². The summed E-state index contributed by atoms with van der Waals surface area (Å²) in [4.78, 5) is 2.47. The first-order valence-electron chi connectivity index (χ1n) is 16.5. The maximum Gasteiger partial charge on any atom is 0.0991 e. The van der Waals surface area contributed by atoms with E-state index in [1.54, 1.807) is 0 Å². The van der Waals surface area contributed by atoms with Crippen molar-refractivity contribution in [3.05, 3.63) is 174 Å². The molecular formula is C45H30N4. The highest BCUT2D eigenvalue weighted by Crippen LogP contribution is 2.52. The molecule has 0 saturated carbocycles. The summed E-state index contributed by atoms with van der Waals surface area (Å²) in [5, 5.41) is 21.0. The van der Waals surface area contributed by atoms with Gasteiger partial charge in [-0.15, -0.1) is 0 Å². The van der Waals surface area contributed by atoms with E-state index >= 15 is 0 Å². The van der Waals surface area contributed by atoms with Crippen LogP contribution >= 0.6 is 0 Å². The predicted octanol–water partition coefficient (Wildman–Crippen LogP) is 10.8. The Morgan fingerprint density at radius 1 is 0.571 bits per heavy atom. The lowest BCUT2D eigenvalue weighted by molar-refractivity contribution is 0.551. The van der Waals surface area contributed by atoms with Crippen LogP contribution < -0.4 is 4.90 Å². The van der Waals surface area contributed by atoms with Crippen molar-refractivity contribution in [3.8, 4) is 40.1 Å². The maximum atomic E-state index is 9.35. The van der Waals surface area contributed by atoms with E-state index in [1.165, 1.54) is 33.2 Å². The van der Waals surface area contributed by atoms with E-state index < -0.39 is 0 Å². The Morgan fingerprint density at radius 2 is 1.24 bits per heavy atom. The van der Waals surface area contributed by atoms with E-state index in [2.05, 4.69) is 138 Å². The number of rotatable bonds is 4. The van der Waals surface area contributed by atoms with Crippen LogP contribution in [0.4, 0.5) is 11.4 Å². The molecule has 4 nitrogen and oxygen atoms in total. The lowest BCUT2D eigenvalue weighted by Gasteiger charge is -2.34. The van der Waals surface area contributed by atoms with Gasteiger partial charge >= 0.3 is 0 Å². The summed E-state index contributed by atoms with van der Waals surface area (Å²) in [5.41, 5.74) is 12.7. The van der Waals surface area contributed by atoms with E-state index in [-0.39, 0.29) is 11.5 Å². The largest absolute Gasteiger partial charge is 0.333 e. The smallest absolute Gasteiger partial charge is 0.0991 e. The van der Waals surface area contributed by atoms with Crippen LogP contribution in [0.3, 0.4) is 0 Å². The van der Waals surface area contributed by atoms with Gasteiger partial charge < -0.3 is 9.47 Å². The molecule has 2 unspecified atom stereocenters. The number of fused-ring (bicyclic) bond motifs is 6. The Balaban J connectivity index is 1.16. The van der Waals surface area contributed by atoms with Crippen molar-refractivity contribution in [3.63, 3.8) is 0 Å². The number of hydrogen-bond acceptors (Lipinski definition) is 3. The lowest BCUT2D eigenvalue weighted by Crippen LogP contribution is -2.39. The minimum atomic E-state index is -0.208. The Morgan fingerprint density at radius 3 is 2.04 bits per heavy atom. The average molecular weight is 627 g/mol. The van der Waals surface area contributed by atoms with E-state index in [0.717, 1.165) is 33.5 Å². The van der Waals surface area contributed by atoms with Crippen LogP contribution in [-0.4, -0.2) is 10.6 Å². The molecule has 4 heteroatoms. The van der Waals surface area contributed by atoms with Gasteiger partial charge in [0.2, 0.25) is 0 Å². The summed E-state index contributed by atoms with van der Waals surface area (Å²) in [7, 11) is 0. The third kappa shape index (κ3) is 4.43. The van der Waals surface area contributed by atoms with Crippen LogP contribution in [-0.2, 0) is 5.41 Å². The van der Waals surface area contributed by atoms with Gasteiger partial charge in [-0.2, -0.15) is 10.5 Å². The van der Waals surface area contributed by atoms with E-state index in [4.69, 9.17) is 0 Å². The van der Waals surface area contributed by atoms with Gasteiger partial charge in [-0.1, -0.05) is 78.9 Å². The van der Waals surface area contributed by atoms with Crippen LogP contribution in [0.5, 0.6) is 0 Å². The van der Waals surface area contributed by atoms with Gasteiger partial charge in [0.1, 0.15) is 0 Å². The molecule has 1 aliphatic carbocycles. The highest BCUT2D eigenvalue weighted by molar-refractivity contribution is 6.10. The fourth-order valence-corrected chi connectivity index (χ4v) is 7.82. The van der Waals surface area contributed by atoms with E-state index in [9.17, 15) is 10.5 Å². The number of para-hydroxylation sites is 1. The molecule has 0 saturated heterocycles. The lowest BCUT2D eigenvalue weighted by atomic mass is 9.75. The zero-order valence-electron chi connectivity index (χ0n) is 26.9. The van der Waals surface area contributed by atoms with Crippen molar-refractivity contribution in [1.29, 1.82) is 10.5 Å². The highest BCUT2D eigenvalue weighted by atomic mass is 15.2. The van der Waals surface area contributed by atoms with Gasteiger partial charge in [0.15, 0.2) is 0 Å². The first-order chi connectivity index (χ1) is 24.1. The quantitative estimate of drug-likeness (QED) is 0.195. The second-order valence-corrected chi connectivity index (χ2v) is 13.1. The molecule has 2 aliphatic rings. The Labute approximate surface area is 285 Å². The van der Waals surface area contributed by atoms with E-state index in [1.807, 2.05) is 48.5 Å². The normalized spacial score (nSPS) is 17.5. The highest BCUT2D eigenvalue weighted by Gasteiger charge is 2.46. The molecule has 0 radical (unpaired) electrons. The van der Waals surface area contributed by atoms with Gasteiger partial charge in [0.25, 0.3) is 0 Å². The second kappa shape index (κ2) is 11.0. The Kier molecular flexibility index (Phi) is 6.41. The molecule has 0 N–H and O–H groups in total. The van der Waals surface area contributed by atoms with Crippen molar-refractivity contribution < 1.29 is 0 Å². The van der Waals surface area contributed by atoms with Gasteiger partial charge in [-0.05, 0) is 114 Å². The van der Waals surface area contributed by atoms with Crippen molar-refractivity contribution in [1.82, 2.24) is 4.57 Å². The molecule has 2 heterocycles. The molecule has 230 valence electrons. The summed E-state index contributed by atoms with van der Waals surface area (Å²) < 4.78 is 2.28. The van der Waals surface area contributed by atoms with Gasteiger partial charge in [-0.25, -0.2) is 0 Å². The Hall–Kier alpha value is -6.62. The van der Waals surface area contributed by atoms with Crippen molar-refractivity contribution in [2.45, 2.75) is 18.4 Å². The molecule has 1 aliphatic heterocycles. The molecule has 7 aromatic rings.